The monoisotopic (exact) mass is 372 g/mol. The van der Waals surface area contributed by atoms with Crippen LogP contribution in [-0.4, -0.2) is 38.1 Å². The molecule has 1 amide bonds. The average Bonchev–Trinajstić information content (AvgIpc) is 3.00. The van der Waals surface area contributed by atoms with Crippen LogP contribution in [0.5, 0.6) is 0 Å². The molecule has 2 aromatic carbocycles. The normalized spacial score (nSPS) is 11.3. The van der Waals surface area contributed by atoms with E-state index in [4.69, 9.17) is 0 Å². The maximum Gasteiger partial charge on any atom is 0.260 e. The molecule has 0 saturated heterocycles. The van der Waals surface area contributed by atoms with Gasteiger partial charge in [0.05, 0.1) is 31.9 Å². The van der Waals surface area contributed by atoms with E-state index in [0.29, 0.717) is 22.8 Å². The number of thiazole rings is 1. The van der Waals surface area contributed by atoms with Gasteiger partial charge in [0.2, 0.25) is 0 Å². The van der Waals surface area contributed by atoms with Gasteiger partial charge in [0.15, 0.2) is 5.13 Å². The van der Waals surface area contributed by atoms with Crippen molar-refractivity contribution in [3.05, 3.63) is 58.9 Å². The van der Waals surface area contributed by atoms with Crippen LogP contribution in [0.25, 0.3) is 10.2 Å². The van der Waals surface area contributed by atoms with Crippen molar-refractivity contribution in [1.82, 2.24) is 4.98 Å². The van der Waals surface area contributed by atoms with Crippen LogP contribution in [0.15, 0.2) is 36.4 Å². The predicted molar refractivity (Wildman–Crippen MR) is 105 cm³/mol. The minimum atomic E-state index is -0.359. The summed E-state index contributed by atoms with van der Waals surface area (Å²) in [6.07, 6.45) is 0. The quantitative estimate of drug-likeness (QED) is 0.748. The van der Waals surface area contributed by atoms with E-state index in [-0.39, 0.29) is 11.7 Å². The van der Waals surface area contributed by atoms with Crippen LogP contribution in [0.4, 0.5) is 9.52 Å². The Morgan fingerprint density at radius 3 is 2.65 bits per heavy atom. The molecule has 136 valence electrons. The largest absolute Gasteiger partial charge is 0.338 e. The maximum atomic E-state index is 14.0. The number of benzene rings is 2. The van der Waals surface area contributed by atoms with Crippen LogP contribution < -0.4 is 9.80 Å². The fourth-order valence-corrected chi connectivity index (χ4v) is 3.84. The second kappa shape index (κ2) is 7.51. The highest BCUT2D eigenvalue weighted by Crippen LogP contribution is 2.31. The highest BCUT2D eigenvalue weighted by molar-refractivity contribution is 7.22. The fourth-order valence-electron chi connectivity index (χ4n) is 2.84. The summed E-state index contributed by atoms with van der Waals surface area (Å²) in [5.74, 6) is -0.453. The van der Waals surface area contributed by atoms with Gasteiger partial charge in [-0.15, -0.1) is 0 Å². The zero-order valence-electron chi connectivity index (χ0n) is 15.5. The summed E-state index contributed by atoms with van der Waals surface area (Å²) in [6.45, 7) is 5.24. The van der Waals surface area contributed by atoms with Crippen LogP contribution in [0, 0.1) is 19.7 Å². The molecule has 0 aliphatic carbocycles. The molecular weight excluding hydrogens is 349 g/mol. The van der Waals surface area contributed by atoms with Crippen LogP contribution in [-0.2, 0) is 0 Å². The topological polar surface area (TPSA) is 37.6 Å². The van der Waals surface area contributed by atoms with E-state index in [9.17, 15) is 9.18 Å². The van der Waals surface area contributed by atoms with Gasteiger partial charge in [-0.3, -0.25) is 9.69 Å². The number of nitrogens with zero attached hydrogens (tertiary/aromatic N) is 2. The van der Waals surface area contributed by atoms with Crippen LogP contribution in [0.3, 0.4) is 0 Å². The van der Waals surface area contributed by atoms with Crippen molar-refractivity contribution in [2.24, 2.45) is 0 Å². The number of nitrogens with one attached hydrogen (secondary N) is 1. The van der Waals surface area contributed by atoms with Crippen molar-refractivity contribution < 1.29 is 14.1 Å². The highest BCUT2D eigenvalue weighted by Gasteiger charge is 2.24. The van der Waals surface area contributed by atoms with Crippen LogP contribution in [0.2, 0.25) is 0 Å². The van der Waals surface area contributed by atoms with Gasteiger partial charge in [-0.05, 0) is 37.6 Å². The molecule has 6 heteroatoms. The highest BCUT2D eigenvalue weighted by atomic mass is 32.1. The molecule has 0 unspecified atom stereocenters. The van der Waals surface area contributed by atoms with Gasteiger partial charge >= 0.3 is 0 Å². The molecule has 3 rings (SSSR count). The number of hydrogen-bond acceptors (Lipinski definition) is 3. The van der Waals surface area contributed by atoms with Crippen LogP contribution in [0.1, 0.15) is 21.5 Å². The lowest BCUT2D eigenvalue weighted by atomic mass is 10.0. The molecular formula is C20H23FN3OS+. The third-order valence-electron chi connectivity index (χ3n) is 4.28. The number of halogens is 1. The van der Waals surface area contributed by atoms with Crippen LogP contribution >= 0.6 is 11.3 Å². The van der Waals surface area contributed by atoms with Gasteiger partial charge in [-0.2, -0.15) is 0 Å². The number of likely N-dealkylation sites (N-methyl/N-ethyl adjacent to an activating group) is 1. The summed E-state index contributed by atoms with van der Waals surface area (Å²) >= 11 is 1.35. The van der Waals surface area contributed by atoms with Gasteiger partial charge < -0.3 is 4.90 Å². The van der Waals surface area contributed by atoms with E-state index in [1.807, 2.05) is 52.2 Å². The Balaban J connectivity index is 2.03. The molecule has 0 fully saturated rings. The van der Waals surface area contributed by atoms with E-state index in [2.05, 4.69) is 4.98 Å². The number of hydrogen-bond donors (Lipinski definition) is 1. The third kappa shape index (κ3) is 3.76. The first kappa shape index (κ1) is 18.5. The second-order valence-corrected chi connectivity index (χ2v) is 7.82. The van der Waals surface area contributed by atoms with E-state index in [1.165, 1.54) is 22.3 Å². The minimum Gasteiger partial charge on any atom is -0.338 e. The molecule has 0 aliphatic rings. The number of fused-ring (bicyclic) bond motifs is 1. The van der Waals surface area contributed by atoms with Gasteiger partial charge in [0.25, 0.3) is 5.91 Å². The SMILES string of the molecule is Cc1ccc(C(=O)N(CC[NH+](C)C)c2nc3c(F)cccc3s2)c(C)c1. The van der Waals surface area contributed by atoms with E-state index < -0.39 is 0 Å². The number of amides is 1. The summed E-state index contributed by atoms with van der Waals surface area (Å²) < 4.78 is 14.8. The van der Waals surface area contributed by atoms with Crippen molar-refractivity contribution in [3.8, 4) is 0 Å². The van der Waals surface area contributed by atoms with Gasteiger partial charge in [-0.1, -0.05) is 35.1 Å². The summed E-state index contributed by atoms with van der Waals surface area (Å²) in [6, 6.07) is 10.7. The van der Waals surface area contributed by atoms with E-state index >= 15 is 0 Å². The Kier molecular flexibility index (Phi) is 5.34. The van der Waals surface area contributed by atoms with E-state index in [1.54, 1.807) is 11.0 Å². The minimum absolute atomic E-state index is 0.0942. The molecule has 1 aromatic heterocycles. The number of anilines is 1. The third-order valence-corrected chi connectivity index (χ3v) is 5.33. The Bertz CT molecular complexity index is 951. The standard InChI is InChI=1S/C20H22FN3OS/c1-13-8-9-15(14(2)12-13)19(25)24(11-10-23(3)4)20-22-18-16(21)6-5-7-17(18)26-20/h5-9,12H,10-11H2,1-4H3/p+1. The molecule has 1 N–H and O–H groups in total. The molecule has 0 aliphatic heterocycles. The number of carbonyl (C=O) groups is 1. The molecule has 3 aromatic rings. The van der Waals surface area contributed by atoms with Gasteiger partial charge in [0.1, 0.15) is 11.3 Å². The maximum absolute atomic E-state index is 14.0. The van der Waals surface area contributed by atoms with Crippen molar-refractivity contribution in [3.63, 3.8) is 0 Å². The number of rotatable bonds is 5. The molecule has 0 radical (unpaired) electrons. The van der Waals surface area contributed by atoms with Crippen molar-refractivity contribution in [2.45, 2.75) is 13.8 Å². The lowest BCUT2D eigenvalue weighted by molar-refractivity contribution is -0.856. The summed E-state index contributed by atoms with van der Waals surface area (Å²) in [5, 5.41) is 0.538. The lowest BCUT2D eigenvalue weighted by Crippen LogP contribution is -3.06. The summed E-state index contributed by atoms with van der Waals surface area (Å²) in [4.78, 5) is 20.6. The molecule has 4 nitrogen and oxygen atoms in total. The summed E-state index contributed by atoms with van der Waals surface area (Å²) in [7, 11) is 4.08. The molecule has 0 spiro atoms. The number of aromatic nitrogens is 1. The number of aryl methyl sites for hydroxylation is 2. The number of para-hydroxylation sites is 1. The lowest BCUT2D eigenvalue weighted by Gasteiger charge is -2.21. The Morgan fingerprint density at radius 2 is 2.00 bits per heavy atom. The first-order valence-electron chi connectivity index (χ1n) is 8.60. The zero-order chi connectivity index (χ0) is 18.8. The number of quaternary nitrogens is 1. The van der Waals surface area contributed by atoms with E-state index in [0.717, 1.165) is 22.4 Å². The van der Waals surface area contributed by atoms with Gasteiger partial charge in [-0.25, -0.2) is 9.37 Å². The molecule has 0 atom stereocenters. The van der Waals surface area contributed by atoms with Crippen molar-refractivity contribution in [2.75, 3.05) is 32.1 Å². The Morgan fingerprint density at radius 1 is 1.23 bits per heavy atom. The second-order valence-electron chi connectivity index (χ2n) is 6.82. The fraction of sp³-hybridized carbons (Fsp3) is 0.300. The number of carbonyl (C=O) groups excluding carboxylic acids is 1. The van der Waals surface area contributed by atoms with Crippen molar-refractivity contribution in [1.29, 1.82) is 0 Å². The molecule has 0 bridgehead atoms. The smallest absolute Gasteiger partial charge is 0.260 e. The zero-order valence-corrected chi connectivity index (χ0v) is 16.3. The first-order valence-corrected chi connectivity index (χ1v) is 9.41. The predicted octanol–water partition coefficient (Wildman–Crippen LogP) is 2.84. The molecule has 0 saturated carbocycles. The molecule has 26 heavy (non-hydrogen) atoms. The summed E-state index contributed by atoms with van der Waals surface area (Å²) in [5.41, 5.74) is 3.03. The molecule has 1 heterocycles. The Hall–Kier alpha value is -2.31. The van der Waals surface area contributed by atoms with Gasteiger partial charge in [0, 0.05) is 5.56 Å². The Labute approximate surface area is 156 Å². The van der Waals surface area contributed by atoms with Crippen molar-refractivity contribution >= 4 is 32.6 Å². The average molecular weight is 372 g/mol. The first-order chi connectivity index (χ1) is 12.4.